The highest BCUT2D eigenvalue weighted by Crippen LogP contribution is 2.30. The molecule has 0 spiro atoms. The van der Waals surface area contributed by atoms with Crippen LogP contribution in [-0.4, -0.2) is 11.5 Å². The van der Waals surface area contributed by atoms with E-state index < -0.39 is 11.6 Å². The van der Waals surface area contributed by atoms with E-state index in [0.29, 0.717) is 6.54 Å². The number of aryl methyl sites for hydroxylation is 1. The highest BCUT2D eigenvalue weighted by Gasteiger charge is 2.18. The number of pyridine rings is 1. The van der Waals surface area contributed by atoms with Gasteiger partial charge in [-0.1, -0.05) is 18.2 Å². The second-order valence-corrected chi connectivity index (χ2v) is 4.30. The first-order valence-electron chi connectivity index (χ1n) is 6.24. The van der Waals surface area contributed by atoms with E-state index in [1.807, 2.05) is 38.1 Å². The lowest BCUT2D eigenvalue weighted by atomic mass is 10.2. The van der Waals surface area contributed by atoms with Crippen LogP contribution in [0.5, 0.6) is 0 Å². The van der Waals surface area contributed by atoms with E-state index >= 15 is 0 Å². The minimum Gasteiger partial charge on any atom is -0.324 e. The number of rotatable bonds is 4. The normalized spacial score (nSPS) is 10.4. The van der Waals surface area contributed by atoms with Crippen LogP contribution in [0, 0.1) is 18.6 Å². The number of hydrazine groups is 1. The number of nitrogen functional groups attached to an aromatic ring is 1. The van der Waals surface area contributed by atoms with E-state index in [-0.39, 0.29) is 11.6 Å². The van der Waals surface area contributed by atoms with E-state index in [1.165, 1.54) is 0 Å². The van der Waals surface area contributed by atoms with Gasteiger partial charge in [-0.2, -0.15) is 0 Å². The highest BCUT2D eigenvalue weighted by molar-refractivity contribution is 5.65. The third-order valence-corrected chi connectivity index (χ3v) is 3.03. The van der Waals surface area contributed by atoms with Crippen molar-refractivity contribution in [2.75, 3.05) is 16.9 Å². The molecule has 6 heteroatoms. The van der Waals surface area contributed by atoms with Crippen LogP contribution >= 0.6 is 0 Å². The van der Waals surface area contributed by atoms with Crippen molar-refractivity contribution in [1.82, 2.24) is 4.98 Å². The number of anilines is 3. The van der Waals surface area contributed by atoms with Crippen LogP contribution in [0.25, 0.3) is 0 Å². The summed E-state index contributed by atoms with van der Waals surface area (Å²) in [5.41, 5.74) is 3.92. The van der Waals surface area contributed by atoms with E-state index in [9.17, 15) is 8.78 Å². The molecule has 20 heavy (non-hydrogen) atoms. The highest BCUT2D eigenvalue weighted by atomic mass is 19.1. The number of para-hydroxylation sites is 1. The Morgan fingerprint density at radius 3 is 2.55 bits per heavy atom. The topological polar surface area (TPSA) is 54.2 Å². The lowest BCUT2D eigenvalue weighted by molar-refractivity contribution is 0.575. The van der Waals surface area contributed by atoms with Crippen LogP contribution in [0.4, 0.5) is 26.1 Å². The van der Waals surface area contributed by atoms with Crippen molar-refractivity contribution in [3.63, 3.8) is 0 Å². The number of halogens is 2. The fraction of sp³-hybridized carbons (Fsp3) is 0.214. The van der Waals surface area contributed by atoms with E-state index in [4.69, 9.17) is 5.84 Å². The Morgan fingerprint density at radius 1 is 1.25 bits per heavy atom. The molecule has 0 amide bonds. The van der Waals surface area contributed by atoms with Crippen LogP contribution in [0.15, 0.2) is 30.3 Å². The molecule has 4 nitrogen and oxygen atoms in total. The van der Waals surface area contributed by atoms with E-state index in [1.54, 1.807) is 4.90 Å². The molecule has 0 aliphatic heterocycles. The number of benzene rings is 1. The summed E-state index contributed by atoms with van der Waals surface area (Å²) in [4.78, 5) is 5.59. The van der Waals surface area contributed by atoms with Gasteiger partial charge in [0.05, 0.1) is 0 Å². The van der Waals surface area contributed by atoms with Crippen molar-refractivity contribution in [2.24, 2.45) is 5.84 Å². The largest absolute Gasteiger partial charge is 0.324 e. The van der Waals surface area contributed by atoms with Crippen LogP contribution in [0.1, 0.15) is 12.5 Å². The standard InChI is InChI=1S/C14H16F2N4/c1-3-20(12-7-5-4-6-9(12)2)14-11(16)8-10(15)13(18-14)19-17/h4-8H,3,17H2,1-2H3,(H,18,19). The van der Waals surface area contributed by atoms with Crippen molar-refractivity contribution >= 4 is 17.3 Å². The van der Waals surface area contributed by atoms with Gasteiger partial charge in [0.1, 0.15) is 0 Å². The molecule has 1 heterocycles. The smallest absolute Gasteiger partial charge is 0.178 e. The number of aromatic nitrogens is 1. The van der Waals surface area contributed by atoms with Gasteiger partial charge in [0.15, 0.2) is 23.3 Å². The van der Waals surface area contributed by atoms with E-state index in [2.05, 4.69) is 10.4 Å². The molecule has 0 aliphatic carbocycles. The van der Waals surface area contributed by atoms with Gasteiger partial charge in [0.25, 0.3) is 0 Å². The third kappa shape index (κ3) is 2.55. The maximum absolute atomic E-state index is 14.0. The SMILES string of the molecule is CCN(c1ccccc1C)c1nc(NN)c(F)cc1F. The summed E-state index contributed by atoms with van der Waals surface area (Å²) in [6, 6.07) is 8.31. The Balaban J connectivity index is 2.55. The monoisotopic (exact) mass is 278 g/mol. The maximum Gasteiger partial charge on any atom is 0.178 e. The molecular weight excluding hydrogens is 262 g/mol. The fourth-order valence-corrected chi connectivity index (χ4v) is 2.05. The summed E-state index contributed by atoms with van der Waals surface area (Å²) in [6.07, 6.45) is 0. The Hall–Kier alpha value is -2.21. The number of nitrogens with zero attached hydrogens (tertiary/aromatic N) is 2. The number of nitrogens with two attached hydrogens (primary N) is 1. The summed E-state index contributed by atoms with van der Waals surface area (Å²) >= 11 is 0. The summed E-state index contributed by atoms with van der Waals surface area (Å²) in [5, 5.41) is 0. The molecule has 0 saturated carbocycles. The number of hydrogen-bond acceptors (Lipinski definition) is 4. The van der Waals surface area contributed by atoms with Gasteiger partial charge in [0, 0.05) is 18.3 Å². The van der Waals surface area contributed by atoms with Crippen molar-refractivity contribution in [3.8, 4) is 0 Å². The Kier molecular flexibility index (Phi) is 4.14. The van der Waals surface area contributed by atoms with Crippen LogP contribution in [0.2, 0.25) is 0 Å². The van der Waals surface area contributed by atoms with Gasteiger partial charge in [0.2, 0.25) is 0 Å². The zero-order chi connectivity index (χ0) is 14.7. The maximum atomic E-state index is 14.0. The Labute approximate surface area is 116 Å². The molecule has 2 rings (SSSR count). The van der Waals surface area contributed by atoms with Gasteiger partial charge in [-0.05, 0) is 25.5 Å². The van der Waals surface area contributed by atoms with Crippen molar-refractivity contribution in [3.05, 3.63) is 47.5 Å². The van der Waals surface area contributed by atoms with E-state index in [0.717, 1.165) is 17.3 Å². The Bertz CT molecular complexity index is 616. The summed E-state index contributed by atoms with van der Waals surface area (Å²) < 4.78 is 27.4. The summed E-state index contributed by atoms with van der Waals surface area (Å²) in [7, 11) is 0. The second kappa shape index (κ2) is 5.83. The summed E-state index contributed by atoms with van der Waals surface area (Å²) in [5.74, 6) is 3.48. The van der Waals surface area contributed by atoms with Crippen LogP contribution in [0.3, 0.4) is 0 Å². The molecule has 106 valence electrons. The Morgan fingerprint density at radius 2 is 1.95 bits per heavy atom. The quantitative estimate of drug-likeness (QED) is 0.666. The predicted molar refractivity (Wildman–Crippen MR) is 75.8 cm³/mol. The molecule has 0 radical (unpaired) electrons. The van der Waals surface area contributed by atoms with Gasteiger partial charge in [-0.3, -0.25) is 0 Å². The van der Waals surface area contributed by atoms with Gasteiger partial charge >= 0.3 is 0 Å². The average molecular weight is 278 g/mol. The van der Waals surface area contributed by atoms with Gasteiger partial charge in [-0.25, -0.2) is 19.6 Å². The van der Waals surface area contributed by atoms with Gasteiger partial charge in [-0.15, -0.1) is 0 Å². The second-order valence-electron chi connectivity index (χ2n) is 4.30. The molecule has 0 aliphatic rings. The molecule has 1 aromatic heterocycles. The van der Waals surface area contributed by atoms with Crippen LogP contribution < -0.4 is 16.2 Å². The van der Waals surface area contributed by atoms with Gasteiger partial charge < -0.3 is 10.3 Å². The summed E-state index contributed by atoms with van der Waals surface area (Å²) in [6.45, 7) is 4.28. The van der Waals surface area contributed by atoms with Crippen molar-refractivity contribution < 1.29 is 8.78 Å². The fourth-order valence-electron chi connectivity index (χ4n) is 2.05. The number of nitrogens with one attached hydrogen (secondary N) is 1. The molecule has 0 unspecified atom stereocenters. The number of hydrogen-bond donors (Lipinski definition) is 2. The third-order valence-electron chi connectivity index (χ3n) is 3.03. The predicted octanol–water partition coefficient (Wildman–Crippen LogP) is 3.11. The zero-order valence-corrected chi connectivity index (χ0v) is 11.3. The first-order chi connectivity index (χ1) is 9.58. The molecule has 0 fully saturated rings. The lowest BCUT2D eigenvalue weighted by Crippen LogP contribution is -2.21. The lowest BCUT2D eigenvalue weighted by Gasteiger charge is -2.24. The first-order valence-corrected chi connectivity index (χ1v) is 6.24. The molecular formula is C14H16F2N4. The molecule has 3 N–H and O–H groups in total. The molecule has 2 aromatic rings. The van der Waals surface area contributed by atoms with Crippen LogP contribution in [-0.2, 0) is 0 Å². The molecule has 0 atom stereocenters. The minimum atomic E-state index is -0.824. The van der Waals surface area contributed by atoms with Crippen molar-refractivity contribution in [2.45, 2.75) is 13.8 Å². The zero-order valence-electron chi connectivity index (χ0n) is 11.3. The van der Waals surface area contributed by atoms with Crippen molar-refractivity contribution in [1.29, 1.82) is 0 Å². The minimum absolute atomic E-state index is 0.0381. The molecule has 0 bridgehead atoms. The average Bonchev–Trinajstić information content (AvgIpc) is 2.43. The molecule has 1 aromatic carbocycles. The molecule has 0 saturated heterocycles. The first kappa shape index (κ1) is 14.2.